The molecule has 0 atom stereocenters. The minimum atomic E-state index is 0.874. The number of benzene rings is 1. The molecule has 3 nitrogen and oxygen atoms in total. The molecule has 0 unspecified atom stereocenters. The van der Waals surface area contributed by atoms with Crippen LogP contribution in [0.5, 0.6) is 0 Å². The second kappa shape index (κ2) is 27.8. The van der Waals surface area contributed by atoms with Gasteiger partial charge in [-0.15, -0.1) is 0 Å². The van der Waals surface area contributed by atoms with E-state index in [4.69, 9.17) is 0 Å². The highest BCUT2D eigenvalue weighted by molar-refractivity contribution is 5.45. The fourth-order valence-corrected chi connectivity index (χ4v) is 5.93. The molecule has 0 bridgehead atoms. The maximum atomic E-state index is 4.58. The van der Waals surface area contributed by atoms with E-state index in [1.165, 1.54) is 166 Å². The van der Waals surface area contributed by atoms with Crippen LogP contribution < -0.4 is 4.57 Å². The number of hydrogen-bond acceptors (Lipinski definition) is 2. The van der Waals surface area contributed by atoms with Crippen LogP contribution in [-0.2, 0) is 13.0 Å². The molecule has 1 heterocycles. The van der Waals surface area contributed by atoms with Gasteiger partial charge >= 0.3 is 0 Å². The summed E-state index contributed by atoms with van der Waals surface area (Å²) in [6.07, 6.45) is 38.7. The molecule has 236 valence electrons. The predicted octanol–water partition coefficient (Wildman–Crippen LogP) is 12.7. The summed E-state index contributed by atoms with van der Waals surface area (Å²) in [4.78, 5) is 0. The number of pyridine rings is 1. The molecule has 0 aliphatic heterocycles. The maximum absolute atomic E-state index is 4.58. The molecular weight excluding hydrogens is 510 g/mol. The van der Waals surface area contributed by atoms with Crippen LogP contribution in [0, 0.1) is 0 Å². The van der Waals surface area contributed by atoms with Crippen molar-refractivity contribution in [3.8, 4) is 0 Å². The number of hydrogen-bond donors (Lipinski definition) is 0. The Morgan fingerprint density at radius 3 is 1.52 bits per heavy atom. The topological polar surface area (TPSA) is 28.6 Å². The molecule has 0 radical (unpaired) electrons. The van der Waals surface area contributed by atoms with Crippen LogP contribution >= 0.6 is 0 Å². The lowest BCUT2D eigenvalue weighted by atomic mass is 10.0. The SMILES string of the molecule is CCCCCCCCc1ccccc1N=NCCCCCCCCCCCCCCCCCCCC[n+]1ccccc1. The van der Waals surface area contributed by atoms with Crippen molar-refractivity contribution in [2.24, 2.45) is 10.2 Å². The second-order valence-corrected chi connectivity index (χ2v) is 12.6. The van der Waals surface area contributed by atoms with E-state index in [2.05, 4.69) is 76.6 Å². The van der Waals surface area contributed by atoms with Crippen molar-refractivity contribution >= 4 is 5.69 Å². The fourth-order valence-electron chi connectivity index (χ4n) is 5.93. The van der Waals surface area contributed by atoms with Crippen molar-refractivity contribution in [3.63, 3.8) is 0 Å². The van der Waals surface area contributed by atoms with Crippen molar-refractivity contribution in [1.29, 1.82) is 0 Å². The lowest BCUT2D eigenvalue weighted by Gasteiger charge is -2.05. The van der Waals surface area contributed by atoms with E-state index in [0.29, 0.717) is 0 Å². The van der Waals surface area contributed by atoms with E-state index in [1.54, 1.807) is 0 Å². The molecule has 1 aromatic carbocycles. The molecule has 0 fully saturated rings. The summed E-state index contributed by atoms with van der Waals surface area (Å²) in [6.45, 7) is 4.33. The molecular formula is C39H66N3+. The molecule has 2 rings (SSSR count). The van der Waals surface area contributed by atoms with Gasteiger partial charge in [-0.2, -0.15) is 10.2 Å². The number of aromatic nitrogens is 1. The molecule has 42 heavy (non-hydrogen) atoms. The van der Waals surface area contributed by atoms with Gasteiger partial charge in [0.2, 0.25) is 0 Å². The summed E-state index contributed by atoms with van der Waals surface area (Å²) in [6, 6.07) is 14.9. The summed E-state index contributed by atoms with van der Waals surface area (Å²) in [5, 5.41) is 9.10. The number of aryl methyl sites for hydroxylation is 2. The van der Waals surface area contributed by atoms with Gasteiger partial charge < -0.3 is 0 Å². The van der Waals surface area contributed by atoms with Gasteiger partial charge in [0.15, 0.2) is 12.4 Å². The third-order valence-electron chi connectivity index (χ3n) is 8.67. The quantitative estimate of drug-likeness (QED) is 0.0523. The van der Waals surface area contributed by atoms with E-state index in [9.17, 15) is 0 Å². The average molecular weight is 577 g/mol. The Balaban J connectivity index is 1.29. The number of rotatable bonds is 29. The molecule has 0 aliphatic rings. The van der Waals surface area contributed by atoms with Crippen molar-refractivity contribution < 1.29 is 4.57 Å². The largest absolute Gasteiger partial charge is 0.205 e. The lowest BCUT2D eigenvalue weighted by molar-refractivity contribution is -0.697. The molecule has 0 saturated heterocycles. The van der Waals surface area contributed by atoms with Crippen molar-refractivity contribution in [2.75, 3.05) is 6.54 Å². The Labute approximate surface area is 261 Å². The zero-order chi connectivity index (χ0) is 29.6. The molecule has 0 spiro atoms. The molecule has 2 aromatic rings. The van der Waals surface area contributed by atoms with E-state index in [1.807, 2.05) is 0 Å². The smallest absolute Gasteiger partial charge is 0.168 e. The predicted molar refractivity (Wildman–Crippen MR) is 183 cm³/mol. The third-order valence-corrected chi connectivity index (χ3v) is 8.67. The summed E-state index contributed by atoms with van der Waals surface area (Å²) in [7, 11) is 0. The van der Waals surface area contributed by atoms with Gasteiger partial charge in [0.1, 0.15) is 6.54 Å². The van der Waals surface area contributed by atoms with E-state index < -0.39 is 0 Å². The minimum Gasteiger partial charge on any atom is -0.205 e. The third kappa shape index (κ3) is 20.8. The Hall–Kier alpha value is -2.03. The van der Waals surface area contributed by atoms with Crippen LogP contribution in [0.15, 0.2) is 65.1 Å². The average Bonchev–Trinajstić information content (AvgIpc) is 3.02. The number of azo groups is 1. The van der Waals surface area contributed by atoms with E-state index >= 15 is 0 Å². The number of nitrogens with zero attached hydrogens (tertiary/aromatic N) is 3. The van der Waals surface area contributed by atoms with E-state index in [0.717, 1.165) is 18.7 Å². The Kier molecular flexibility index (Phi) is 23.9. The molecule has 3 heteroatoms. The zero-order valence-electron chi connectivity index (χ0n) is 27.6. The van der Waals surface area contributed by atoms with Crippen molar-refractivity contribution in [2.45, 2.75) is 174 Å². The Morgan fingerprint density at radius 1 is 0.476 bits per heavy atom. The zero-order valence-corrected chi connectivity index (χ0v) is 27.6. The molecule has 0 N–H and O–H groups in total. The lowest BCUT2D eigenvalue weighted by Crippen LogP contribution is -2.32. The Morgan fingerprint density at radius 2 is 0.952 bits per heavy atom. The monoisotopic (exact) mass is 577 g/mol. The van der Waals surface area contributed by atoms with E-state index in [-0.39, 0.29) is 0 Å². The highest BCUT2D eigenvalue weighted by Crippen LogP contribution is 2.22. The summed E-state index contributed by atoms with van der Waals surface area (Å²) >= 11 is 0. The molecule has 0 aliphatic carbocycles. The molecule has 0 amide bonds. The maximum Gasteiger partial charge on any atom is 0.168 e. The van der Waals surface area contributed by atoms with Gasteiger partial charge in [-0.1, -0.05) is 160 Å². The highest BCUT2D eigenvalue weighted by Gasteiger charge is 2.01. The number of unbranched alkanes of at least 4 members (excludes halogenated alkanes) is 22. The normalized spacial score (nSPS) is 11.5. The fraction of sp³-hybridized carbons (Fsp3) is 0.718. The first kappa shape index (κ1) is 36.2. The first-order valence-corrected chi connectivity index (χ1v) is 18.3. The summed E-state index contributed by atoms with van der Waals surface area (Å²) < 4.78 is 2.30. The Bertz CT molecular complexity index is 863. The first-order chi connectivity index (χ1) is 20.9. The molecule has 0 saturated carbocycles. The van der Waals surface area contributed by atoms with Gasteiger partial charge in [-0.05, 0) is 37.3 Å². The van der Waals surface area contributed by atoms with Crippen LogP contribution in [0.3, 0.4) is 0 Å². The summed E-state index contributed by atoms with van der Waals surface area (Å²) in [5.41, 5.74) is 2.46. The van der Waals surface area contributed by atoms with Crippen LogP contribution in [-0.4, -0.2) is 6.54 Å². The van der Waals surface area contributed by atoms with Crippen LogP contribution in [0.1, 0.15) is 167 Å². The van der Waals surface area contributed by atoms with Gasteiger partial charge in [0.25, 0.3) is 0 Å². The van der Waals surface area contributed by atoms with Crippen molar-refractivity contribution in [3.05, 3.63) is 60.4 Å². The van der Waals surface area contributed by atoms with Gasteiger partial charge in [-0.3, -0.25) is 0 Å². The van der Waals surface area contributed by atoms with Crippen LogP contribution in [0.4, 0.5) is 5.69 Å². The highest BCUT2D eigenvalue weighted by atomic mass is 15.1. The van der Waals surface area contributed by atoms with Gasteiger partial charge in [0, 0.05) is 18.6 Å². The standard InChI is InChI=1S/C39H66N3/c1-2-3-4-5-20-24-31-38-32-25-26-33-39(38)41-40-34-27-21-18-16-14-12-10-8-6-7-9-11-13-15-17-19-22-28-35-42-36-29-23-30-37-42/h23,25-26,29-30,32-33,36-37H,2-22,24,27-28,31,34-35H2,1H3/q+1. The van der Waals surface area contributed by atoms with Gasteiger partial charge in [0.05, 0.1) is 12.2 Å². The van der Waals surface area contributed by atoms with Crippen molar-refractivity contribution in [1.82, 2.24) is 0 Å². The van der Waals surface area contributed by atoms with Gasteiger partial charge in [-0.25, -0.2) is 4.57 Å². The molecule has 1 aromatic heterocycles. The second-order valence-electron chi connectivity index (χ2n) is 12.6. The van der Waals surface area contributed by atoms with Crippen LogP contribution in [0.25, 0.3) is 0 Å². The minimum absolute atomic E-state index is 0.874. The first-order valence-electron chi connectivity index (χ1n) is 18.3. The summed E-state index contributed by atoms with van der Waals surface area (Å²) in [5.74, 6) is 0. The van der Waals surface area contributed by atoms with Crippen LogP contribution in [0.2, 0.25) is 0 Å².